The maximum Gasteiger partial charge on any atom is 0.0482 e. The van der Waals surface area contributed by atoms with Gasteiger partial charge in [-0.15, -0.1) is 0 Å². The van der Waals surface area contributed by atoms with E-state index in [1.807, 2.05) is 23.5 Å². The van der Waals surface area contributed by atoms with E-state index in [4.69, 9.17) is 0 Å². The molecule has 0 bridgehead atoms. The van der Waals surface area contributed by atoms with Crippen molar-refractivity contribution in [1.29, 1.82) is 0 Å². The minimum atomic E-state index is 0.979. The van der Waals surface area contributed by atoms with Gasteiger partial charge in [-0.25, -0.2) is 0 Å². The first-order chi connectivity index (χ1) is 23.0. The molecule has 0 saturated heterocycles. The lowest BCUT2D eigenvalue weighted by Crippen LogP contribution is -2.16. The zero-order valence-corrected chi connectivity index (χ0v) is 30.4. The fraction of sp³-hybridized carbons (Fsp3) is 0.385. The highest BCUT2D eigenvalue weighted by atomic mass is 32.2. The van der Waals surface area contributed by atoms with Crippen LogP contribution < -0.4 is 21.3 Å². The van der Waals surface area contributed by atoms with Crippen molar-refractivity contribution in [2.75, 3.05) is 88.7 Å². The topological polar surface area (TPSA) is 54.6 Å². The van der Waals surface area contributed by atoms with E-state index >= 15 is 0 Å². The first-order valence-electron chi connectivity index (χ1n) is 16.9. The predicted octanol–water partition coefficient (Wildman–Crippen LogP) is 9.41. The molecule has 4 aromatic rings. The average molecular weight is 671 g/mol. The standard InChI is InChI=1S/C39H54N6S2/c1-44(2)30-12-28-42-36-14-6-8-16-38(36)46-34-22-18-32(19-23-34)40-26-10-5-11-27-41-33-20-24-35(25-21-33)47-39-17-9-7-15-37(39)43-29-13-31-45(3)4/h6-9,14-25,40-43H,5,10-13,26-31H2,1-4H3. The zero-order chi connectivity index (χ0) is 33.1. The van der Waals surface area contributed by atoms with Gasteiger partial charge in [0.25, 0.3) is 0 Å². The Morgan fingerprint density at radius 3 is 1.21 bits per heavy atom. The van der Waals surface area contributed by atoms with Gasteiger partial charge in [0.05, 0.1) is 0 Å². The second-order valence-corrected chi connectivity index (χ2v) is 14.6. The van der Waals surface area contributed by atoms with Crippen LogP contribution in [0.3, 0.4) is 0 Å². The van der Waals surface area contributed by atoms with Crippen LogP contribution in [0.15, 0.2) is 117 Å². The molecule has 0 aliphatic heterocycles. The molecule has 0 radical (unpaired) electrons. The molecule has 4 rings (SSSR count). The predicted molar refractivity (Wildman–Crippen MR) is 208 cm³/mol. The summed E-state index contributed by atoms with van der Waals surface area (Å²) in [5.74, 6) is 0. The number of hydrogen-bond acceptors (Lipinski definition) is 8. The number of nitrogens with zero attached hydrogens (tertiary/aromatic N) is 2. The molecule has 252 valence electrons. The molecular weight excluding hydrogens is 617 g/mol. The fourth-order valence-corrected chi connectivity index (χ4v) is 6.91. The first-order valence-corrected chi connectivity index (χ1v) is 18.6. The molecule has 4 aromatic carbocycles. The number of benzene rings is 4. The van der Waals surface area contributed by atoms with Crippen LogP contribution >= 0.6 is 23.5 Å². The molecule has 0 unspecified atom stereocenters. The summed E-state index contributed by atoms with van der Waals surface area (Å²) < 4.78 is 0. The molecule has 8 heteroatoms. The largest absolute Gasteiger partial charge is 0.385 e. The molecule has 0 atom stereocenters. The molecule has 0 amide bonds. The molecule has 0 spiro atoms. The monoisotopic (exact) mass is 670 g/mol. The van der Waals surface area contributed by atoms with Crippen molar-refractivity contribution in [3.05, 3.63) is 97.1 Å². The van der Waals surface area contributed by atoms with Crippen molar-refractivity contribution in [3.8, 4) is 0 Å². The second kappa shape index (κ2) is 20.8. The Morgan fingerprint density at radius 1 is 0.426 bits per heavy atom. The normalized spacial score (nSPS) is 11.2. The maximum atomic E-state index is 3.61. The maximum absolute atomic E-state index is 3.61. The molecule has 0 aliphatic rings. The van der Waals surface area contributed by atoms with Gasteiger partial charge in [-0.3, -0.25) is 0 Å². The molecule has 0 fully saturated rings. The summed E-state index contributed by atoms with van der Waals surface area (Å²) >= 11 is 3.63. The summed E-state index contributed by atoms with van der Waals surface area (Å²) in [6.07, 6.45) is 5.76. The quantitative estimate of drug-likeness (QED) is 0.0618. The zero-order valence-electron chi connectivity index (χ0n) is 28.7. The molecule has 0 aliphatic carbocycles. The van der Waals surface area contributed by atoms with Gasteiger partial charge in [-0.2, -0.15) is 0 Å². The van der Waals surface area contributed by atoms with Gasteiger partial charge in [0.15, 0.2) is 0 Å². The highest BCUT2D eigenvalue weighted by Gasteiger charge is 2.06. The van der Waals surface area contributed by atoms with E-state index in [0.717, 1.165) is 65.0 Å². The summed E-state index contributed by atoms with van der Waals surface area (Å²) in [6.45, 7) is 6.12. The minimum Gasteiger partial charge on any atom is -0.385 e. The number of nitrogens with one attached hydrogen (secondary N) is 4. The Hall–Kier alpha value is -3.30. The van der Waals surface area contributed by atoms with Crippen LogP contribution in [0.25, 0.3) is 0 Å². The Balaban J connectivity index is 1.09. The third-order valence-electron chi connectivity index (χ3n) is 7.65. The van der Waals surface area contributed by atoms with Crippen LogP contribution in [0.1, 0.15) is 32.1 Å². The SMILES string of the molecule is CN(C)CCCNc1ccccc1Sc1ccc(NCCCCCNc2ccc(Sc3ccccc3NCCCN(C)C)cc2)cc1. The van der Waals surface area contributed by atoms with Gasteiger partial charge in [0.1, 0.15) is 0 Å². The van der Waals surface area contributed by atoms with Crippen LogP contribution in [-0.4, -0.2) is 77.3 Å². The van der Waals surface area contributed by atoms with Crippen molar-refractivity contribution in [2.24, 2.45) is 0 Å². The lowest BCUT2D eigenvalue weighted by Gasteiger charge is -2.14. The fourth-order valence-electron chi connectivity index (χ4n) is 5.07. The lowest BCUT2D eigenvalue weighted by atomic mass is 10.2. The highest BCUT2D eigenvalue weighted by molar-refractivity contribution is 7.99. The Morgan fingerprint density at radius 2 is 0.809 bits per heavy atom. The Bertz CT molecular complexity index is 1320. The van der Waals surface area contributed by atoms with Crippen molar-refractivity contribution in [2.45, 2.75) is 51.7 Å². The van der Waals surface area contributed by atoms with Gasteiger partial charge in [-0.1, -0.05) is 47.8 Å². The number of rotatable bonds is 22. The highest BCUT2D eigenvalue weighted by Crippen LogP contribution is 2.35. The van der Waals surface area contributed by atoms with E-state index in [1.165, 1.54) is 48.8 Å². The summed E-state index contributed by atoms with van der Waals surface area (Å²) in [5.41, 5.74) is 4.78. The number of hydrogen-bond donors (Lipinski definition) is 4. The van der Waals surface area contributed by atoms with E-state index in [9.17, 15) is 0 Å². The van der Waals surface area contributed by atoms with Crippen LogP contribution in [0.2, 0.25) is 0 Å². The molecule has 0 heterocycles. The van der Waals surface area contributed by atoms with Crippen molar-refractivity contribution < 1.29 is 0 Å². The van der Waals surface area contributed by atoms with Crippen molar-refractivity contribution >= 4 is 46.3 Å². The minimum absolute atomic E-state index is 0.979. The van der Waals surface area contributed by atoms with E-state index < -0.39 is 0 Å². The van der Waals surface area contributed by atoms with E-state index in [-0.39, 0.29) is 0 Å². The third kappa shape index (κ3) is 14.2. The van der Waals surface area contributed by atoms with Gasteiger partial charge in [-0.05, 0) is 146 Å². The smallest absolute Gasteiger partial charge is 0.0482 e. The summed E-state index contributed by atoms with van der Waals surface area (Å²) in [5, 5.41) is 14.4. The van der Waals surface area contributed by atoms with Gasteiger partial charge in [0.2, 0.25) is 0 Å². The Labute approximate surface area is 292 Å². The van der Waals surface area contributed by atoms with E-state index in [0.29, 0.717) is 0 Å². The first kappa shape index (κ1) is 36.5. The second-order valence-electron chi connectivity index (χ2n) is 12.3. The molecular formula is C39H54N6S2. The average Bonchev–Trinajstić information content (AvgIpc) is 3.07. The van der Waals surface area contributed by atoms with Gasteiger partial charge >= 0.3 is 0 Å². The molecule has 0 aromatic heterocycles. The summed E-state index contributed by atoms with van der Waals surface area (Å²) in [7, 11) is 8.48. The van der Waals surface area contributed by atoms with Gasteiger partial charge in [0, 0.05) is 68.5 Å². The number of anilines is 4. The van der Waals surface area contributed by atoms with Crippen LogP contribution in [0, 0.1) is 0 Å². The molecule has 4 N–H and O–H groups in total. The number of unbranched alkanes of at least 4 members (excludes halogenated alkanes) is 2. The van der Waals surface area contributed by atoms with Crippen molar-refractivity contribution in [3.63, 3.8) is 0 Å². The molecule has 6 nitrogen and oxygen atoms in total. The van der Waals surface area contributed by atoms with Crippen molar-refractivity contribution in [1.82, 2.24) is 9.80 Å². The van der Waals surface area contributed by atoms with Gasteiger partial charge < -0.3 is 31.1 Å². The summed E-state index contributed by atoms with van der Waals surface area (Å²) in [4.78, 5) is 9.49. The summed E-state index contributed by atoms with van der Waals surface area (Å²) in [6, 6.07) is 34.8. The third-order valence-corrected chi connectivity index (χ3v) is 9.81. The van der Waals surface area contributed by atoms with Crippen LogP contribution in [-0.2, 0) is 0 Å². The number of para-hydroxylation sites is 2. The molecule has 47 heavy (non-hydrogen) atoms. The van der Waals surface area contributed by atoms with E-state index in [1.54, 1.807) is 0 Å². The van der Waals surface area contributed by atoms with E-state index in [2.05, 4.69) is 156 Å². The molecule has 0 saturated carbocycles. The lowest BCUT2D eigenvalue weighted by molar-refractivity contribution is 0.405. The van der Waals surface area contributed by atoms with Crippen LogP contribution in [0.4, 0.5) is 22.7 Å². The van der Waals surface area contributed by atoms with Crippen LogP contribution in [0.5, 0.6) is 0 Å². The Kier molecular flexibility index (Phi) is 16.2.